The van der Waals surface area contributed by atoms with Crippen LogP contribution in [0.3, 0.4) is 0 Å². The summed E-state index contributed by atoms with van der Waals surface area (Å²) < 4.78 is 12.8. The van der Waals surface area contributed by atoms with Crippen molar-refractivity contribution in [2.45, 2.75) is 37.5 Å². The Labute approximate surface area is 216 Å². The van der Waals surface area contributed by atoms with Gasteiger partial charge >= 0.3 is 0 Å². The number of furan rings is 1. The lowest BCUT2D eigenvalue weighted by Gasteiger charge is -2.32. The molecule has 0 radical (unpaired) electrons. The lowest BCUT2D eigenvalue weighted by molar-refractivity contribution is -0.115. The third-order valence-corrected chi connectivity index (χ3v) is 8.58. The van der Waals surface area contributed by atoms with Crippen LogP contribution in [0.4, 0.5) is 5.69 Å². The third kappa shape index (κ3) is 4.07. The van der Waals surface area contributed by atoms with Gasteiger partial charge in [0.25, 0.3) is 0 Å². The molecule has 0 saturated carbocycles. The second-order valence-electron chi connectivity index (χ2n) is 9.34. The number of fused-ring (bicyclic) bond motifs is 5. The highest BCUT2D eigenvalue weighted by molar-refractivity contribution is 8.00. The standard InChI is InChI=1S/C27H24N4O3S2/c1-27(2)12-17-18(13-34-27)22(19-10-7-11-33-19)30-25-21(17)23-24(36-25)26(29-15-28-23)35-14-20(32)31(3)16-8-5-4-6-9-16/h4-11,15H,12-14H2,1-3H3. The van der Waals surface area contributed by atoms with E-state index in [1.165, 1.54) is 17.3 Å². The van der Waals surface area contributed by atoms with E-state index >= 15 is 0 Å². The minimum atomic E-state index is -0.297. The normalized spacial score (nSPS) is 14.8. The first kappa shape index (κ1) is 23.1. The van der Waals surface area contributed by atoms with Crippen LogP contribution < -0.4 is 4.90 Å². The summed E-state index contributed by atoms with van der Waals surface area (Å²) in [6, 6.07) is 13.4. The molecule has 0 fully saturated rings. The average molecular weight is 517 g/mol. The van der Waals surface area contributed by atoms with Crippen molar-refractivity contribution in [1.82, 2.24) is 15.0 Å². The molecule has 6 rings (SSSR count). The Bertz CT molecular complexity index is 1580. The Morgan fingerprint density at radius 2 is 1.97 bits per heavy atom. The van der Waals surface area contributed by atoms with Gasteiger partial charge in [-0.15, -0.1) is 11.3 Å². The average Bonchev–Trinajstić information content (AvgIpc) is 3.54. The fraction of sp³-hybridized carbons (Fsp3) is 0.259. The number of thiophene rings is 1. The number of carbonyl (C=O) groups excluding carboxylic acids is 1. The summed E-state index contributed by atoms with van der Waals surface area (Å²) in [7, 11) is 1.80. The smallest absolute Gasteiger partial charge is 0.237 e. The first-order valence-electron chi connectivity index (χ1n) is 11.6. The first-order valence-corrected chi connectivity index (χ1v) is 13.4. The van der Waals surface area contributed by atoms with Gasteiger partial charge in [0.1, 0.15) is 21.9 Å². The van der Waals surface area contributed by atoms with Gasteiger partial charge in [-0.2, -0.15) is 0 Å². The molecule has 7 nitrogen and oxygen atoms in total. The quantitative estimate of drug-likeness (QED) is 0.206. The Hall–Kier alpha value is -3.27. The SMILES string of the molecule is CN(C(=O)CSc1ncnc2c1sc1nc(-c3ccco3)c3c(c12)CC(C)(C)OC3)c1ccccc1. The third-order valence-electron chi connectivity index (χ3n) is 6.40. The molecule has 9 heteroatoms. The van der Waals surface area contributed by atoms with Crippen molar-refractivity contribution in [3.63, 3.8) is 0 Å². The molecule has 0 atom stereocenters. The van der Waals surface area contributed by atoms with Gasteiger partial charge in [-0.3, -0.25) is 4.79 Å². The number of aromatic nitrogens is 3. The number of anilines is 1. The van der Waals surface area contributed by atoms with Gasteiger partial charge in [-0.25, -0.2) is 15.0 Å². The van der Waals surface area contributed by atoms with Gasteiger partial charge in [-0.05, 0) is 43.7 Å². The predicted octanol–water partition coefficient (Wildman–Crippen LogP) is 6.11. The van der Waals surface area contributed by atoms with Crippen LogP contribution >= 0.6 is 23.1 Å². The van der Waals surface area contributed by atoms with Crippen molar-refractivity contribution >= 4 is 55.1 Å². The number of para-hydroxylation sites is 1. The molecule has 5 heterocycles. The molecule has 1 aromatic carbocycles. The number of nitrogens with zero attached hydrogens (tertiary/aromatic N) is 4. The Balaban J connectivity index is 1.42. The Kier molecular flexibility index (Phi) is 5.78. The fourth-order valence-electron chi connectivity index (χ4n) is 4.53. The molecule has 0 spiro atoms. The van der Waals surface area contributed by atoms with E-state index in [1.807, 2.05) is 42.5 Å². The zero-order chi connectivity index (χ0) is 24.9. The molecule has 36 heavy (non-hydrogen) atoms. The number of hydrogen-bond acceptors (Lipinski definition) is 8. The molecule has 0 N–H and O–H groups in total. The molecule has 0 aliphatic carbocycles. The summed E-state index contributed by atoms with van der Waals surface area (Å²) in [5.41, 5.74) is 4.50. The van der Waals surface area contributed by atoms with Crippen LogP contribution in [0, 0.1) is 0 Å². The maximum Gasteiger partial charge on any atom is 0.237 e. The lowest BCUT2D eigenvalue weighted by atomic mass is 9.89. The number of hydrogen-bond donors (Lipinski definition) is 0. The van der Waals surface area contributed by atoms with Gasteiger partial charge < -0.3 is 14.1 Å². The summed E-state index contributed by atoms with van der Waals surface area (Å²) in [5.74, 6) is 1.01. The highest BCUT2D eigenvalue weighted by Gasteiger charge is 2.32. The monoisotopic (exact) mass is 516 g/mol. The number of pyridine rings is 1. The van der Waals surface area contributed by atoms with Crippen LogP contribution in [-0.2, 0) is 22.6 Å². The summed E-state index contributed by atoms with van der Waals surface area (Å²) in [5, 5.41) is 1.84. The van der Waals surface area contributed by atoms with Crippen LogP contribution in [0.5, 0.6) is 0 Å². The number of rotatable bonds is 5. The second kappa shape index (κ2) is 8.99. The van der Waals surface area contributed by atoms with Crippen molar-refractivity contribution < 1.29 is 13.9 Å². The molecule has 182 valence electrons. The number of benzene rings is 1. The zero-order valence-corrected chi connectivity index (χ0v) is 21.8. The highest BCUT2D eigenvalue weighted by atomic mass is 32.2. The van der Waals surface area contributed by atoms with Crippen LogP contribution in [0.25, 0.3) is 31.9 Å². The highest BCUT2D eigenvalue weighted by Crippen LogP contribution is 2.44. The predicted molar refractivity (Wildman–Crippen MR) is 144 cm³/mol. The largest absolute Gasteiger partial charge is 0.463 e. The van der Waals surface area contributed by atoms with E-state index in [9.17, 15) is 4.79 Å². The number of amides is 1. The lowest BCUT2D eigenvalue weighted by Crippen LogP contribution is -2.32. The molecule has 1 aliphatic heterocycles. The van der Waals surface area contributed by atoms with Gasteiger partial charge in [0.05, 0.1) is 34.4 Å². The van der Waals surface area contributed by atoms with E-state index in [2.05, 4.69) is 23.8 Å². The Morgan fingerprint density at radius 3 is 2.75 bits per heavy atom. The number of thioether (sulfide) groups is 1. The summed E-state index contributed by atoms with van der Waals surface area (Å²) in [6.07, 6.45) is 3.99. The van der Waals surface area contributed by atoms with E-state index in [4.69, 9.17) is 14.1 Å². The summed E-state index contributed by atoms with van der Waals surface area (Å²) in [4.78, 5) is 29.7. The Morgan fingerprint density at radius 1 is 1.14 bits per heavy atom. The second-order valence-corrected chi connectivity index (χ2v) is 11.3. The van der Waals surface area contributed by atoms with Crippen LogP contribution in [0.1, 0.15) is 25.0 Å². The minimum absolute atomic E-state index is 0.00795. The van der Waals surface area contributed by atoms with Crippen molar-refractivity contribution in [2.24, 2.45) is 0 Å². The van der Waals surface area contributed by atoms with Gasteiger partial charge in [0.2, 0.25) is 5.91 Å². The summed E-state index contributed by atoms with van der Waals surface area (Å²) in [6.45, 7) is 4.68. The minimum Gasteiger partial charge on any atom is -0.463 e. The zero-order valence-electron chi connectivity index (χ0n) is 20.1. The molecule has 1 aliphatic rings. The van der Waals surface area contributed by atoms with Crippen LogP contribution in [-0.4, -0.2) is 39.3 Å². The fourth-order valence-corrected chi connectivity index (χ4v) is 6.68. The van der Waals surface area contributed by atoms with Crippen LogP contribution in [0.2, 0.25) is 0 Å². The maximum atomic E-state index is 12.9. The van der Waals surface area contributed by atoms with E-state index in [0.717, 1.165) is 54.6 Å². The molecule has 0 unspecified atom stereocenters. The topological polar surface area (TPSA) is 81.4 Å². The van der Waals surface area contributed by atoms with E-state index in [0.29, 0.717) is 6.61 Å². The van der Waals surface area contributed by atoms with Crippen LogP contribution in [0.15, 0.2) is 64.5 Å². The molecule has 5 aromatic rings. The van der Waals surface area contributed by atoms with E-state index in [-0.39, 0.29) is 17.3 Å². The first-order chi connectivity index (χ1) is 17.4. The summed E-state index contributed by atoms with van der Waals surface area (Å²) >= 11 is 3.00. The van der Waals surface area contributed by atoms with E-state index in [1.54, 1.807) is 35.9 Å². The van der Waals surface area contributed by atoms with Crippen molar-refractivity contribution in [1.29, 1.82) is 0 Å². The van der Waals surface area contributed by atoms with Crippen molar-refractivity contribution in [3.05, 3.63) is 66.2 Å². The van der Waals surface area contributed by atoms with Gasteiger partial charge in [0, 0.05) is 30.1 Å². The molecule has 0 saturated heterocycles. The van der Waals surface area contributed by atoms with Crippen molar-refractivity contribution in [3.8, 4) is 11.5 Å². The number of carbonyl (C=O) groups is 1. The molecule has 1 amide bonds. The molecule has 4 aromatic heterocycles. The molecular weight excluding hydrogens is 492 g/mol. The van der Waals surface area contributed by atoms with Crippen molar-refractivity contribution in [2.75, 3.05) is 17.7 Å². The number of ether oxygens (including phenoxy) is 1. The van der Waals surface area contributed by atoms with Gasteiger partial charge in [-0.1, -0.05) is 30.0 Å². The molecular formula is C27H24N4O3S2. The van der Waals surface area contributed by atoms with Gasteiger partial charge in [0.15, 0.2) is 5.76 Å². The van der Waals surface area contributed by atoms with E-state index < -0.39 is 0 Å². The molecule has 0 bridgehead atoms. The maximum absolute atomic E-state index is 12.9.